The standard InChI is InChI=1S/C25H31BN2O3/c1-5-20(13-12-18(2)3)25-27-16-19(4)28(25)17-21-9-6-7-11-23(21)31-14-8-10-22(26)15-24(29)30/h5-7,9,11-13,16,22H,1,8,10,14-15,17H2,2-4H3,(H,29,30)/b20-13+/t22-/m1/s1. The molecule has 0 aliphatic rings. The van der Waals surface area contributed by atoms with Gasteiger partial charge in [0.1, 0.15) is 11.6 Å². The molecular formula is C25H31BN2O3. The van der Waals surface area contributed by atoms with Crippen LogP contribution in [0.2, 0.25) is 5.82 Å². The van der Waals surface area contributed by atoms with Gasteiger partial charge in [0.25, 0.3) is 0 Å². The topological polar surface area (TPSA) is 64.4 Å². The minimum atomic E-state index is -0.872. The molecule has 5 nitrogen and oxygen atoms in total. The normalized spacial score (nSPS) is 12.3. The highest BCUT2D eigenvalue weighted by molar-refractivity contribution is 6.12. The number of carboxylic acid groups (broad SMARTS) is 1. The average molecular weight is 418 g/mol. The van der Waals surface area contributed by atoms with E-state index in [1.807, 2.05) is 49.5 Å². The van der Waals surface area contributed by atoms with Gasteiger partial charge < -0.3 is 14.4 Å². The summed E-state index contributed by atoms with van der Waals surface area (Å²) in [6.07, 6.45) is 9.05. The third-order valence-corrected chi connectivity index (χ3v) is 4.84. The number of aliphatic carboxylic acids is 1. The number of allylic oxidation sites excluding steroid dienone is 5. The van der Waals surface area contributed by atoms with E-state index < -0.39 is 5.97 Å². The number of benzene rings is 1. The van der Waals surface area contributed by atoms with Gasteiger partial charge in [-0.2, -0.15) is 0 Å². The van der Waals surface area contributed by atoms with E-state index in [4.69, 9.17) is 17.7 Å². The van der Waals surface area contributed by atoms with Gasteiger partial charge in [-0.25, -0.2) is 4.98 Å². The SMILES string of the molecule is [B][C@H](CCCOc1ccccc1Cn1c(C)cnc1/C(C=C)=C/C=C(C)C)CC(=O)O. The second-order valence-corrected chi connectivity index (χ2v) is 7.84. The van der Waals surface area contributed by atoms with Gasteiger partial charge >= 0.3 is 5.97 Å². The molecule has 0 saturated carbocycles. The van der Waals surface area contributed by atoms with E-state index in [0.717, 1.165) is 28.4 Å². The summed E-state index contributed by atoms with van der Waals surface area (Å²) in [5.74, 6) is 0.446. The van der Waals surface area contributed by atoms with Gasteiger partial charge in [-0.1, -0.05) is 60.8 Å². The first-order valence-electron chi connectivity index (χ1n) is 10.5. The second kappa shape index (κ2) is 12.0. The van der Waals surface area contributed by atoms with Gasteiger partial charge in [-0.05, 0) is 33.3 Å². The molecule has 0 aliphatic heterocycles. The fourth-order valence-corrected chi connectivity index (χ4v) is 3.18. The molecule has 1 aromatic carbocycles. The van der Waals surface area contributed by atoms with E-state index in [2.05, 4.69) is 36.1 Å². The van der Waals surface area contributed by atoms with Crippen LogP contribution in [0.25, 0.3) is 5.57 Å². The van der Waals surface area contributed by atoms with Crippen LogP contribution in [0.15, 0.2) is 60.8 Å². The minimum Gasteiger partial charge on any atom is -0.493 e. The third kappa shape index (κ3) is 7.63. The van der Waals surface area contributed by atoms with Crippen molar-refractivity contribution >= 4 is 19.4 Å². The largest absolute Gasteiger partial charge is 0.493 e. The summed E-state index contributed by atoms with van der Waals surface area (Å²) >= 11 is 0. The number of imidazole rings is 1. The number of hydrogen-bond donors (Lipinski definition) is 1. The molecule has 0 bridgehead atoms. The molecule has 1 N–H and O–H groups in total. The molecule has 0 aliphatic carbocycles. The van der Waals surface area contributed by atoms with E-state index in [0.29, 0.717) is 26.0 Å². The highest BCUT2D eigenvalue weighted by atomic mass is 16.5. The predicted octanol–water partition coefficient (Wildman–Crippen LogP) is 5.37. The van der Waals surface area contributed by atoms with Gasteiger partial charge in [0.2, 0.25) is 0 Å². The minimum absolute atomic E-state index is 0.0226. The third-order valence-electron chi connectivity index (χ3n) is 4.84. The molecule has 0 unspecified atom stereocenters. The van der Waals surface area contributed by atoms with Crippen molar-refractivity contribution in [1.29, 1.82) is 0 Å². The number of aryl methyl sites for hydroxylation is 1. The quantitative estimate of drug-likeness (QED) is 0.286. The number of hydrogen-bond acceptors (Lipinski definition) is 3. The molecule has 1 atom stereocenters. The van der Waals surface area contributed by atoms with Crippen LogP contribution < -0.4 is 4.74 Å². The van der Waals surface area contributed by atoms with E-state index >= 15 is 0 Å². The Hall–Kier alpha value is -3.02. The molecule has 0 saturated heterocycles. The Morgan fingerprint density at radius 3 is 2.74 bits per heavy atom. The van der Waals surface area contributed by atoms with Gasteiger partial charge in [-0.3, -0.25) is 4.79 Å². The van der Waals surface area contributed by atoms with Crippen LogP contribution in [0, 0.1) is 6.92 Å². The lowest BCUT2D eigenvalue weighted by Gasteiger charge is -2.16. The fourth-order valence-electron chi connectivity index (χ4n) is 3.18. The summed E-state index contributed by atoms with van der Waals surface area (Å²) < 4.78 is 8.16. The molecule has 2 aromatic rings. The lowest BCUT2D eigenvalue weighted by Crippen LogP contribution is -2.09. The van der Waals surface area contributed by atoms with Crippen molar-refractivity contribution in [3.8, 4) is 5.75 Å². The average Bonchev–Trinajstić information content (AvgIpc) is 3.06. The smallest absolute Gasteiger partial charge is 0.302 e. The molecule has 1 aromatic heterocycles. The second-order valence-electron chi connectivity index (χ2n) is 7.84. The van der Waals surface area contributed by atoms with E-state index in [-0.39, 0.29) is 12.2 Å². The molecule has 2 radical (unpaired) electrons. The van der Waals surface area contributed by atoms with Crippen molar-refractivity contribution in [2.24, 2.45) is 0 Å². The molecule has 1 heterocycles. The van der Waals surface area contributed by atoms with Gasteiger partial charge in [0.15, 0.2) is 0 Å². The number of carboxylic acids is 1. The summed E-state index contributed by atoms with van der Waals surface area (Å²) in [6, 6.07) is 7.93. The summed E-state index contributed by atoms with van der Waals surface area (Å²) in [6.45, 7) is 11.2. The summed E-state index contributed by atoms with van der Waals surface area (Å²) in [5.41, 5.74) is 4.26. The van der Waals surface area contributed by atoms with Crippen LogP contribution in [-0.4, -0.2) is 35.1 Å². The lowest BCUT2D eigenvalue weighted by molar-refractivity contribution is -0.137. The molecule has 31 heavy (non-hydrogen) atoms. The van der Waals surface area contributed by atoms with Crippen molar-refractivity contribution in [1.82, 2.24) is 9.55 Å². The van der Waals surface area contributed by atoms with Crippen molar-refractivity contribution < 1.29 is 14.6 Å². The Kier molecular flexibility index (Phi) is 9.38. The van der Waals surface area contributed by atoms with Gasteiger partial charge in [0.05, 0.1) is 21.0 Å². The first-order chi connectivity index (χ1) is 14.8. The Balaban J connectivity index is 2.14. The zero-order valence-electron chi connectivity index (χ0n) is 18.7. The maximum atomic E-state index is 10.7. The van der Waals surface area contributed by atoms with Crippen molar-refractivity contribution in [3.63, 3.8) is 0 Å². The number of rotatable bonds is 12. The molecule has 0 spiro atoms. The highest BCUT2D eigenvalue weighted by Crippen LogP contribution is 2.24. The van der Waals surface area contributed by atoms with Crippen molar-refractivity contribution in [2.45, 2.75) is 52.4 Å². The zero-order chi connectivity index (χ0) is 22.8. The van der Waals surface area contributed by atoms with E-state index in [1.54, 1.807) is 0 Å². The first-order valence-corrected chi connectivity index (χ1v) is 10.5. The van der Waals surface area contributed by atoms with Gasteiger partial charge in [0, 0.05) is 29.4 Å². The summed E-state index contributed by atoms with van der Waals surface area (Å²) in [5, 5.41) is 8.81. The molecule has 0 amide bonds. The zero-order valence-corrected chi connectivity index (χ0v) is 18.7. The maximum absolute atomic E-state index is 10.7. The van der Waals surface area contributed by atoms with Crippen molar-refractivity contribution in [3.05, 3.63) is 77.9 Å². The number of aromatic nitrogens is 2. The van der Waals surface area contributed by atoms with E-state index in [1.165, 1.54) is 5.57 Å². The predicted molar refractivity (Wildman–Crippen MR) is 127 cm³/mol. The summed E-state index contributed by atoms with van der Waals surface area (Å²) in [7, 11) is 5.83. The summed E-state index contributed by atoms with van der Waals surface area (Å²) in [4.78, 5) is 15.3. The highest BCUT2D eigenvalue weighted by Gasteiger charge is 2.13. The number of para-hydroxylation sites is 1. The molecule has 6 heteroatoms. The van der Waals surface area contributed by atoms with Crippen LogP contribution >= 0.6 is 0 Å². The molecule has 162 valence electrons. The van der Waals surface area contributed by atoms with Crippen LogP contribution in [0.5, 0.6) is 5.75 Å². The lowest BCUT2D eigenvalue weighted by atomic mass is 9.81. The number of ether oxygens (including phenoxy) is 1. The number of carbonyl (C=O) groups is 1. The van der Waals surface area contributed by atoms with Crippen LogP contribution in [-0.2, 0) is 11.3 Å². The Morgan fingerprint density at radius 1 is 1.32 bits per heavy atom. The van der Waals surface area contributed by atoms with Crippen LogP contribution in [0.4, 0.5) is 0 Å². The first kappa shape index (κ1) is 24.3. The monoisotopic (exact) mass is 418 g/mol. The van der Waals surface area contributed by atoms with Crippen LogP contribution in [0.3, 0.4) is 0 Å². The Labute approximate surface area is 186 Å². The Morgan fingerprint density at radius 2 is 2.06 bits per heavy atom. The number of nitrogens with zero attached hydrogens (tertiary/aromatic N) is 2. The Bertz CT molecular complexity index is 955. The molecule has 2 rings (SSSR count). The fraction of sp³-hybridized carbons (Fsp3) is 0.360. The maximum Gasteiger partial charge on any atom is 0.302 e. The van der Waals surface area contributed by atoms with E-state index in [9.17, 15) is 4.79 Å². The van der Waals surface area contributed by atoms with Crippen molar-refractivity contribution in [2.75, 3.05) is 6.61 Å². The molecular weight excluding hydrogens is 387 g/mol. The van der Waals surface area contributed by atoms with Crippen LogP contribution in [0.1, 0.15) is 50.2 Å². The molecule has 0 fully saturated rings. The van der Waals surface area contributed by atoms with Gasteiger partial charge in [-0.15, -0.1) is 0 Å².